The van der Waals surface area contributed by atoms with E-state index in [-0.39, 0.29) is 12.1 Å². The van der Waals surface area contributed by atoms with E-state index in [1.807, 2.05) is 13.0 Å². The molecule has 74 valence electrons. The van der Waals surface area contributed by atoms with Crippen molar-refractivity contribution in [3.8, 4) is 6.07 Å². The normalized spacial score (nSPS) is 30.2. The van der Waals surface area contributed by atoms with Crippen molar-refractivity contribution in [3.63, 3.8) is 0 Å². The number of nitriles is 1. The summed E-state index contributed by atoms with van der Waals surface area (Å²) in [4.78, 5) is 0. The van der Waals surface area contributed by atoms with Gasteiger partial charge < -0.3 is 0 Å². The van der Waals surface area contributed by atoms with Crippen LogP contribution in [-0.4, -0.2) is 31.1 Å². The zero-order chi connectivity index (χ0) is 10.1. The van der Waals surface area contributed by atoms with Gasteiger partial charge in [-0.2, -0.15) is 9.57 Å². The SMILES string of the molecule is CC1CCC(CC#N)N1S(C)(=O)=O. The zero-order valence-electron chi connectivity index (χ0n) is 7.90. The van der Waals surface area contributed by atoms with Crippen LogP contribution in [0.15, 0.2) is 0 Å². The topological polar surface area (TPSA) is 61.2 Å². The molecule has 1 saturated heterocycles. The summed E-state index contributed by atoms with van der Waals surface area (Å²) in [5.41, 5.74) is 0. The fourth-order valence-electron chi connectivity index (χ4n) is 1.94. The minimum atomic E-state index is -3.14. The minimum Gasteiger partial charge on any atom is -0.212 e. The van der Waals surface area contributed by atoms with Gasteiger partial charge in [-0.3, -0.25) is 0 Å². The molecule has 0 saturated carbocycles. The quantitative estimate of drug-likeness (QED) is 0.662. The van der Waals surface area contributed by atoms with Crippen LogP contribution < -0.4 is 0 Å². The van der Waals surface area contributed by atoms with E-state index < -0.39 is 10.0 Å². The van der Waals surface area contributed by atoms with Crippen molar-refractivity contribution in [2.75, 3.05) is 6.26 Å². The number of hydrogen-bond acceptors (Lipinski definition) is 3. The van der Waals surface area contributed by atoms with E-state index >= 15 is 0 Å². The molecule has 4 nitrogen and oxygen atoms in total. The summed E-state index contributed by atoms with van der Waals surface area (Å²) in [6, 6.07) is 1.97. The van der Waals surface area contributed by atoms with E-state index in [9.17, 15) is 8.42 Å². The maximum atomic E-state index is 11.3. The lowest BCUT2D eigenvalue weighted by Gasteiger charge is -2.23. The van der Waals surface area contributed by atoms with Crippen molar-refractivity contribution in [1.82, 2.24) is 4.31 Å². The number of nitrogens with zero attached hydrogens (tertiary/aromatic N) is 2. The molecule has 5 heteroatoms. The summed E-state index contributed by atoms with van der Waals surface area (Å²) in [7, 11) is -3.14. The van der Waals surface area contributed by atoms with Gasteiger partial charge in [0, 0.05) is 12.1 Å². The van der Waals surface area contributed by atoms with E-state index in [2.05, 4.69) is 0 Å². The van der Waals surface area contributed by atoms with Crippen molar-refractivity contribution in [1.29, 1.82) is 5.26 Å². The smallest absolute Gasteiger partial charge is 0.211 e. The van der Waals surface area contributed by atoms with Gasteiger partial charge in [0.15, 0.2) is 0 Å². The average Bonchev–Trinajstić information content (AvgIpc) is 2.31. The fourth-order valence-corrected chi connectivity index (χ4v) is 3.42. The van der Waals surface area contributed by atoms with E-state index in [0.29, 0.717) is 6.42 Å². The van der Waals surface area contributed by atoms with Crippen LogP contribution in [0.25, 0.3) is 0 Å². The average molecular weight is 202 g/mol. The van der Waals surface area contributed by atoms with Gasteiger partial charge in [-0.15, -0.1) is 0 Å². The van der Waals surface area contributed by atoms with E-state index in [1.165, 1.54) is 10.6 Å². The van der Waals surface area contributed by atoms with E-state index in [4.69, 9.17) is 5.26 Å². The van der Waals surface area contributed by atoms with Crippen LogP contribution in [0.3, 0.4) is 0 Å². The second kappa shape index (κ2) is 3.64. The molecule has 1 aliphatic rings. The standard InChI is InChI=1S/C8H14N2O2S/c1-7-3-4-8(5-6-9)10(7)13(2,11)12/h7-8H,3-5H2,1-2H3. The third-order valence-corrected chi connectivity index (χ3v) is 3.85. The second-order valence-corrected chi connectivity index (χ2v) is 5.42. The molecule has 0 bridgehead atoms. The molecule has 0 spiro atoms. The van der Waals surface area contributed by atoms with Gasteiger partial charge in [0.05, 0.1) is 18.7 Å². The lowest BCUT2D eigenvalue weighted by molar-refractivity contribution is 0.340. The Morgan fingerprint density at radius 3 is 2.62 bits per heavy atom. The predicted molar refractivity (Wildman–Crippen MR) is 49.4 cm³/mol. The van der Waals surface area contributed by atoms with E-state index in [1.54, 1.807) is 0 Å². The van der Waals surface area contributed by atoms with Crippen LogP contribution in [0.5, 0.6) is 0 Å². The van der Waals surface area contributed by atoms with Gasteiger partial charge in [-0.25, -0.2) is 8.42 Å². The Bertz CT molecular complexity index is 318. The van der Waals surface area contributed by atoms with Crippen LogP contribution in [0.1, 0.15) is 26.2 Å². The molecule has 1 fully saturated rings. The van der Waals surface area contributed by atoms with Crippen molar-refractivity contribution in [2.45, 2.75) is 38.3 Å². The molecule has 0 N–H and O–H groups in total. The zero-order valence-corrected chi connectivity index (χ0v) is 8.71. The first-order chi connectivity index (χ1) is 5.96. The summed E-state index contributed by atoms with van der Waals surface area (Å²) in [6.07, 6.45) is 3.18. The Labute approximate surface area is 79.2 Å². The molecule has 1 heterocycles. The highest BCUT2D eigenvalue weighted by molar-refractivity contribution is 7.88. The lowest BCUT2D eigenvalue weighted by atomic mass is 10.2. The Hall–Kier alpha value is -0.600. The van der Waals surface area contributed by atoms with Gasteiger partial charge in [0.1, 0.15) is 0 Å². The van der Waals surface area contributed by atoms with Crippen LogP contribution in [0.2, 0.25) is 0 Å². The molecule has 13 heavy (non-hydrogen) atoms. The summed E-state index contributed by atoms with van der Waals surface area (Å²) < 4.78 is 24.2. The Balaban J connectivity index is 2.85. The highest BCUT2D eigenvalue weighted by atomic mass is 32.2. The molecule has 0 aromatic rings. The highest BCUT2D eigenvalue weighted by Crippen LogP contribution is 2.28. The molecule has 0 aliphatic carbocycles. The molecule has 2 atom stereocenters. The minimum absolute atomic E-state index is 0.0494. The number of hydrogen-bond donors (Lipinski definition) is 0. The van der Waals surface area contributed by atoms with Gasteiger partial charge >= 0.3 is 0 Å². The highest BCUT2D eigenvalue weighted by Gasteiger charge is 2.36. The predicted octanol–water partition coefficient (Wildman–Crippen LogP) is 0.713. The second-order valence-electron chi connectivity index (χ2n) is 3.54. The van der Waals surface area contributed by atoms with Crippen LogP contribution in [-0.2, 0) is 10.0 Å². The maximum Gasteiger partial charge on any atom is 0.211 e. The number of rotatable bonds is 2. The van der Waals surface area contributed by atoms with Crippen molar-refractivity contribution >= 4 is 10.0 Å². The van der Waals surface area contributed by atoms with Gasteiger partial charge in [-0.1, -0.05) is 0 Å². The first-order valence-electron chi connectivity index (χ1n) is 4.32. The third kappa shape index (κ3) is 2.20. The largest absolute Gasteiger partial charge is 0.212 e. The Kier molecular flexibility index (Phi) is 2.94. The van der Waals surface area contributed by atoms with Crippen LogP contribution in [0.4, 0.5) is 0 Å². The summed E-state index contributed by atoms with van der Waals surface area (Å²) in [5.74, 6) is 0. The summed E-state index contributed by atoms with van der Waals surface area (Å²) in [5, 5.41) is 8.52. The molecular weight excluding hydrogens is 188 g/mol. The Morgan fingerprint density at radius 1 is 1.54 bits per heavy atom. The molecule has 0 aromatic carbocycles. The Morgan fingerprint density at radius 2 is 2.15 bits per heavy atom. The molecule has 1 aliphatic heterocycles. The summed E-state index contributed by atoms with van der Waals surface area (Å²) in [6.45, 7) is 1.89. The molecule has 0 amide bonds. The first kappa shape index (κ1) is 10.5. The lowest BCUT2D eigenvalue weighted by Crippen LogP contribution is -2.38. The fraction of sp³-hybridized carbons (Fsp3) is 0.875. The van der Waals surface area contributed by atoms with Crippen LogP contribution >= 0.6 is 0 Å². The van der Waals surface area contributed by atoms with Crippen molar-refractivity contribution in [3.05, 3.63) is 0 Å². The molecule has 0 aromatic heterocycles. The summed E-state index contributed by atoms with van der Waals surface area (Å²) >= 11 is 0. The third-order valence-electron chi connectivity index (χ3n) is 2.42. The molecule has 1 rings (SSSR count). The van der Waals surface area contributed by atoms with Gasteiger partial charge in [-0.05, 0) is 19.8 Å². The monoisotopic (exact) mass is 202 g/mol. The molecular formula is C8H14N2O2S. The first-order valence-corrected chi connectivity index (χ1v) is 6.17. The van der Waals surface area contributed by atoms with Crippen molar-refractivity contribution < 1.29 is 8.42 Å². The van der Waals surface area contributed by atoms with Gasteiger partial charge in [0.25, 0.3) is 0 Å². The van der Waals surface area contributed by atoms with Crippen LogP contribution in [0, 0.1) is 11.3 Å². The molecule has 2 unspecified atom stereocenters. The van der Waals surface area contributed by atoms with Crippen molar-refractivity contribution in [2.24, 2.45) is 0 Å². The number of sulfonamides is 1. The van der Waals surface area contributed by atoms with E-state index in [0.717, 1.165) is 12.8 Å². The molecule has 0 radical (unpaired) electrons. The van der Waals surface area contributed by atoms with Gasteiger partial charge in [0.2, 0.25) is 10.0 Å². The maximum absolute atomic E-state index is 11.3.